The second-order valence-corrected chi connectivity index (χ2v) is 1.55. The Morgan fingerprint density at radius 2 is 2.44 bits per heavy atom. The predicted octanol–water partition coefficient (Wildman–Crippen LogP) is 0.247. The van der Waals surface area contributed by atoms with E-state index in [1.54, 1.807) is 0 Å². The lowest BCUT2D eigenvalue weighted by Crippen LogP contribution is -1.97. The van der Waals surface area contributed by atoms with Crippen molar-refractivity contribution in [3.8, 4) is 6.07 Å². The second-order valence-electron chi connectivity index (χ2n) is 1.55. The number of nitriles is 1. The molecule has 1 aromatic heterocycles. The Balaban J connectivity index is 3.28. The summed E-state index contributed by atoms with van der Waals surface area (Å²) in [5, 5.41) is 8.24. The zero-order valence-electron chi connectivity index (χ0n) is 4.59. The molecule has 0 saturated carbocycles. The van der Waals surface area contributed by atoms with Crippen molar-refractivity contribution in [1.29, 1.82) is 5.26 Å². The average Bonchev–Trinajstić information content (AvgIpc) is 1.88. The third kappa shape index (κ3) is 1.16. The van der Waals surface area contributed by atoms with Crippen molar-refractivity contribution in [2.75, 3.05) is 0 Å². The third-order valence-corrected chi connectivity index (χ3v) is 0.893. The van der Waals surface area contributed by atoms with Gasteiger partial charge in [-0.25, -0.2) is 0 Å². The van der Waals surface area contributed by atoms with E-state index in [1.165, 1.54) is 18.3 Å². The Morgan fingerprint density at radius 1 is 1.67 bits per heavy atom. The molecular formula is C6H4N2O. The van der Waals surface area contributed by atoms with E-state index in [4.69, 9.17) is 5.26 Å². The Hall–Kier alpha value is -1.56. The molecule has 1 N–H and O–H groups in total. The summed E-state index contributed by atoms with van der Waals surface area (Å²) in [5.41, 5.74) is 0.146. The van der Waals surface area contributed by atoms with E-state index in [2.05, 4.69) is 4.98 Å². The summed E-state index contributed by atoms with van der Waals surface area (Å²) in [7, 11) is 0. The molecule has 1 rings (SSSR count). The van der Waals surface area contributed by atoms with E-state index < -0.39 is 0 Å². The molecule has 9 heavy (non-hydrogen) atoms. The standard InChI is InChI=1S/C6H4N2O/c7-4-5-3-6(9)1-2-8-5/h1-3H,(H,8,9). The van der Waals surface area contributed by atoms with Crippen LogP contribution in [0.1, 0.15) is 5.69 Å². The first kappa shape index (κ1) is 5.57. The SMILES string of the molecule is N#Cc1cc(=O)cc[nH]1. The predicted molar refractivity (Wildman–Crippen MR) is 31.8 cm³/mol. The highest BCUT2D eigenvalue weighted by Gasteiger charge is 1.85. The van der Waals surface area contributed by atoms with Crippen LogP contribution < -0.4 is 5.43 Å². The van der Waals surface area contributed by atoms with Crippen LogP contribution in [0.15, 0.2) is 23.1 Å². The van der Waals surface area contributed by atoms with E-state index in [0.717, 1.165) is 0 Å². The molecule has 0 unspecified atom stereocenters. The van der Waals surface area contributed by atoms with Crippen LogP contribution in [0, 0.1) is 11.3 Å². The molecule has 0 amide bonds. The Morgan fingerprint density at radius 3 is 2.89 bits per heavy atom. The first-order chi connectivity index (χ1) is 4.33. The van der Waals surface area contributed by atoms with Crippen LogP contribution >= 0.6 is 0 Å². The summed E-state index contributed by atoms with van der Waals surface area (Å²) in [6.07, 6.45) is 1.45. The van der Waals surface area contributed by atoms with Gasteiger partial charge in [-0.1, -0.05) is 0 Å². The summed E-state index contributed by atoms with van der Waals surface area (Å²) in [6.45, 7) is 0. The topological polar surface area (TPSA) is 56.6 Å². The fraction of sp³-hybridized carbons (Fsp3) is 0. The summed E-state index contributed by atoms with van der Waals surface area (Å²) in [5.74, 6) is 0. The number of hydrogen-bond acceptors (Lipinski definition) is 2. The van der Waals surface area contributed by atoms with Gasteiger partial charge in [-0.15, -0.1) is 0 Å². The van der Waals surface area contributed by atoms with Gasteiger partial charge in [0.25, 0.3) is 0 Å². The average molecular weight is 120 g/mol. The maximum Gasteiger partial charge on any atom is 0.182 e. The van der Waals surface area contributed by atoms with Gasteiger partial charge in [-0.2, -0.15) is 5.26 Å². The number of nitrogens with zero attached hydrogens (tertiary/aromatic N) is 1. The number of hydrogen-bond donors (Lipinski definition) is 1. The molecule has 0 radical (unpaired) electrons. The van der Waals surface area contributed by atoms with Gasteiger partial charge in [0.05, 0.1) is 0 Å². The van der Waals surface area contributed by atoms with E-state index in [-0.39, 0.29) is 5.43 Å². The Kier molecular flexibility index (Phi) is 1.32. The monoisotopic (exact) mass is 120 g/mol. The second kappa shape index (κ2) is 2.14. The molecular weight excluding hydrogens is 116 g/mol. The first-order valence-electron chi connectivity index (χ1n) is 2.42. The molecule has 1 aromatic rings. The molecule has 0 aliphatic carbocycles. The molecule has 0 fully saturated rings. The summed E-state index contributed by atoms with van der Waals surface area (Å²) >= 11 is 0. The fourth-order valence-electron chi connectivity index (χ4n) is 0.510. The molecule has 0 aromatic carbocycles. The van der Waals surface area contributed by atoms with Gasteiger partial charge in [-0.05, 0) is 0 Å². The van der Waals surface area contributed by atoms with E-state index in [0.29, 0.717) is 5.69 Å². The van der Waals surface area contributed by atoms with Crippen molar-refractivity contribution in [3.05, 3.63) is 34.2 Å². The minimum atomic E-state index is -0.148. The molecule has 3 heteroatoms. The molecule has 0 atom stereocenters. The van der Waals surface area contributed by atoms with Crippen LogP contribution in [0.25, 0.3) is 0 Å². The van der Waals surface area contributed by atoms with E-state index >= 15 is 0 Å². The molecule has 0 saturated heterocycles. The van der Waals surface area contributed by atoms with Gasteiger partial charge in [0.1, 0.15) is 11.8 Å². The minimum absolute atomic E-state index is 0.148. The lowest BCUT2D eigenvalue weighted by molar-refractivity contribution is 1.24. The normalized spacial score (nSPS) is 8.33. The maximum atomic E-state index is 10.5. The molecule has 3 nitrogen and oxygen atoms in total. The van der Waals surface area contributed by atoms with Gasteiger partial charge in [0.2, 0.25) is 0 Å². The zero-order chi connectivity index (χ0) is 6.69. The lowest BCUT2D eigenvalue weighted by atomic mass is 10.4. The number of nitrogens with one attached hydrogen (secondary N) is 1. The van der Waals surface area contributed by atoms with Crippen molar-refractivity contribution in [2.24, 2.45) is 0 Å². The van der Waals surface area contributed by atoms with Crippen LogP contribution in [0.3, 0.4) is 0 Å². The van der Waals surface area contributed by atoms with Crippen LogP contribution in [-0.2, 0) is 0 Å². The fourth-order valence-corrected chi connectivity index (χ4v) is 0.510. The minimum Gasteiger partial charge on any atom is -0.353 e. The maximum absolute atomic E-state index is 10.5. The Bertz CT molecular complexity index is 294. The third-order valence-electron chi connectivity index (χ3n) is 0.893. The van der Waals surface area contributed by atoms with Gasteiger partial charge in [0.15, 0.2) is 5.43 Å². The van der Waals surface area contributed by atoms with Crippen molar-refractivity contribution in [1.82, 2.24) is 4.98 Å². The molecule has 0 aliphatic heterocycles. The number of pyridine rings is 1. The lowest BCUT2D eigenvalue weighted by Gasteiger charge is -1.82. The summed E-state index contributed by atoms with van der Waals surface area (Å²) < 4.78 is 0. The van der Waals surface area contributed by atoms with Crippen LogP contribution in [0.2, 0.25) is 0 Å². The van der Waals surface area contributed by atoms with Crippen molar-refractivity contribution < 1.29 is 0 Å². The van der Waals surface area contributed by atoms with Gasteiger partial charge in [-0.3, -0.25) is 4.79 Å². The highest BCUT2D eigenvalue weighted by Crippen LogP contribution is 1.81. The number of aromatic nitrogens is 1. The quantitative estimate of drug-likeness (QED) is 0.533. The first-order valence-corrected chi connectivity index (χ1v) is 2.42. The van der Waals surface area contributed by atoms with Gasteiger partial charge in [0, 0.05) is 18.3 Å². The number of H-pyrrole nitrogens is 1. The highest BCUT2D eigenvalue weighted by atomic mass is 16.1. The van der Waals surface area contributed by atoms with Crippen molar-refractivity contribution in [3.63, 3.8) is 0 Å². The van der Waals surface area contributed by atoms with Crippen molar-refractivity contribution in [2.45, 2.75) is 0 Å². The molecule has 0 spiro atoms. The van der Waals surface area contributed by atoms with Gasteiger partial charge < -0.3 is 4.98 Å². The molecule has 0 bridgehead atoms. The smallest absolute Gasteiger partial charge is 0.182 e. The largest absolute Gasteiger partial charge is 0.353 e. The number of aromatic amines is 1. The van der Waals surface area contributed by atoms with Crippen molar-refractivity contribution >= 4 is 0 Å². The van der Waals surface area contributed by atoms with E-state index in [1.807, 2.05) is 6.07 Å². The summed E-state index contributed by atoms with van der Waals surface area (Å²) in [6, 6.07) is 4.42. The van der Waals surface area contributed by atoms with E-state index in [9.17, 15) is 4.79 Å². The van der Waals surface area contributed by atoms with Crippen LogP contribution in [-0.4, -0.2) is 4.98 Å². The van der Waals surface area contributed by atoms with Crippen LogP contribution in [0.5, 0.6) is 0 Å². The van der Waals surface area contributed by atoms with Gasteiger partial charge >= 0.3 is 0 Å². The molecule has 0 aliphatic rings. The number of rotatable bonds is 0. The highest BCUT2D eigenvalue weighted by molar-refractivity contribution is 5.18. The van der Waals surface area contributed by atoms with Crippen LogP contribution in [0.4, 0.5) is 0 Å². The zero-order valence-corrected chi connectivity index (χ0v) is 4.59. The summed E-state index contributed by atoms with van der Waals surface area (Å²) in [4.78, 5) is 13.1. The molecule has 44 valence electrons. The molecule has 1 heterocycles. The Labute approximate surface area is 51.6 Å².